The Balaban J connectivity index is 1.54. The molecule has 22 heavy (non-hydrogen) atoms. The predicted molar refractivity (Wildman–Crippen MR) is 85.4 cm³/mol. The summed E-state index contributed by atoms with van der Waals surface area (Å²) in [4.78, 5) is 14.1. The summed E-state index contributed by atoms with van der Waals surface area (Å²) in [6.07, 6.45) is 8.82. The van der Waals surface area contributed by atoms with Crippen LogP contribution in [-0.2, 0) is 4.79 Å². The monoisotopic (exact) mass is 316 g/mol. The lowest BCUT2D eigenvalue weighted by Gasteiger charge is -2.31. The molecule has 0 N–H and O–H groups in total. The second-order valence-electron chi connectivity index (χ2n) is 5.32. The summed E-state index contributed by atoms with van der Waals surface area (Å²) >= 11 is 5.84. The molecule has 0 aliphatic carbocycles. The van der Waals surface area contributed by atoms with Gasteiger partial charge in [0.15, 0.2) is 0 Å². The molecule has 1 aliphatic rings. The van der Waals surface area contributed by atoms with Gasteiger partial charge in [-0.25, -0.2) is 4.68 Å². The van der Waals surface area contributed by atoms with Gasteiger partial charge in [0.1, 0.15) is 0 Å². The van der Waals surface area contributed by atoms with Crippen LogP contribution in [0.2, 0.25) is 5.02 Å². The first-order valence-corrected chi connectivity index (χ1v) is 7.68. The second-order valence-corrected chi connectivity index (χ2v) is 5.76. The SMILES string of the molecule is O=C(/C=C/c1ccc(Cl)cc1)N1CCC(n2ccnn2)CC1. The number of benzene rings is 1. The van der Waals surface area contributed by atoms with Crippen LogP contribution in [0.1, 0.15) is 24.4 Å². The number of piperidine rings is 1. The molecule has 1 amide bonds. The minimum absolute atomic E-state index is 0.0481. The van der Waals surface area contributed by atoms with Crippen LogP contribution in [0.25, 0.3) is 6.08 Å². The van der Waals surface area contributed by atoms with E-state index in [9.17, 15) is 4.79 Å². The zero-order valence-corrected chi connectivity index (χ0v) is 12.9. The Morgan fingerprint density at radius 1 is 1.23 bits per heavy atom. The van der Waals surface area contributed by atoms with Crippen molar-refractivity contribution in [3.8, 4) is 0 Å². The van der Waals surface area contributed by atoms with Crippen molar-refractivity contribution in [1.29, 1.82) is 0 Å². The van der Waals surface area contributed by atoms with Gasteiger partial charge in [0, 0.05) is 30.4 Å². The minimum atomic E-state index is 0.0481. The first-order chi connectivity index (χ1) is 10.7. The van der Waals surface area contributed by atoms with E-state index in [1.54, 1.807) is 12.3 Å². The maximum Gasteiger partial charge on any atom is 0.246 e. The van der Waals surface area contributed by atoms with Crippen molar-refractivity contribution >= 4 is 23.6 Å². The fourth-order valence-electron chi connectivity index (χ4n) is 2.61. The van der Waals surface area contributed by atoms with Gasteiger partial charge in [-0.3, -0.25) is 4.79 Å². The van der Waals surface area contributed by atoms with Crippen molar-refractivity contribution in [1.82, 2.24) is 19.9 Å². The lowest BCUT2D eigenvalue weighted by molar-refractivity contribution is -0.127. The maximum absolute atomic E-state index is 12.2. The predicted octanol–water partition coefficient (Wildman–Crippen LogP) is 2.81. The lowest BCUT2D eigenvalue weighted by Crippen LogP contribution is -2.38. The van der Waals surface area contributed by atoms with Gasteiger partial charge in [-0.2, -0.15) is 0 Å². The Labute approximate surface area is 134 Å². The molecule has 6 heteroatoms. The number of aromatic nitrogens is 3. The summed E-state index contributed by atoms with van der Waals surface area (Å²) in [5.74, 6) is 0.0481. The smallest absolute Gasteiger partial charge is 0.246 e. The molecule has 1 aliphatic heterocycles. The first kappa shape index (κ1) is 14.8. The average molecular weight is 317 g/mol. The van der Waals surface area contributed by atoms with E-state index >= 15 is 0 Å². The quantitative estimate of drug-likeness (QED) is 0.818. The number of halogens is 1. The van der Waals surface area contributed by atoms with E-state index in [4.69, 9.17) is 11.6 Å². The Hall–Kier alpha value is -2.14. The number of carbonyl (C=O) groups is 1. The van der Waals surface area contributed by atoms with Crippen molar-refractivity contribution < 1.29 is 4.79 Å². The van der Waals surface area contributed by atoms with Gasteiger partial charge >= 0.3 is 0 Å². The van der Waals surface area contributed by atoms with Gasteiger partial charge in [0.05, 0.1) is 12.2 Å². The van der Waals surface area contributed by atoms with Gasteiger partial charge in [-0.05, 0) is 36.6 Å². The zero-order chi connectivity index (χ0) is 15.4. The number of likely N-dealkylation sites (tertiary alicyclic amines) is 1. The van der Waals surface area contributed by atoms with Crippen molar-refractivity contribution in [3.63, 3.8) is 0 Å². The van der Waals surface area contributed by atoms with Gasteiger partial charge < -0.3 is 4.90 Å². The summed E-state index contributed by atoms with van der Waals surface area (Å²) in [6, 6.07) is 7.75. The van der Waals surface area contributed by atoms with E-state index < -0.39 is 0 Å². The van der Waals surface area contributed by atoms with Gasteiger partial charge in [0.2, 0.25) is 5.91 Å². The van der Waals surface area contributed by atoms with E-state index in [0.717, 1.165) is 31.5 Å². The highest BCUT2D eigenvalue weighted by Gasteiger charge is 2.22. The molecule has 0 spiro atoms. The molecule has 114 valence electrons. The highest BCUT2D eigenvalue weighted by atomic mass is 35.5. The first-order valence-electron chi connectivity index (χ1n) is 7.31. The topological polar surface area (TPSA) is 51.0 Å². The van der Waals surface area contributed by atoms with Crippen molar-refractivity contribution in [2.75, 3.05) is 13.1 Å². The molecule has 0 atom stereocenters. The molecule has 0 bridgehead atoms. The molecule has 1 aromatic heterocycles. The zero-order valence-electron chi connectivity index (χ0n) is 12.1. The second kappa shape index (κ2) is 6.75. The van der Waals surface area contributed by atoms with Crippen LogP contribution in [0.4, 0.5) is 0 Å². The van der Waals surface area contributed by atoms with Crippen molar-refractivity contribution in [2.24, 2.45) is 0 Å². The van der Waals surface area contributed by atoms with E-state index in [1.807, 2.05) is 46.1 Å². The van der Waals surface area contributed by atoms with Crippen molar-refractivity contribution in [2.45, 2.75) is 18.9 Å². The Morgan fingerprint density at radius 3 is 2.59 bits per heavy atom. The summed E-state index contributed by atoms with van der Waals surface area (Å²) in [5, 5.41) is 8.56. The number of amides is 1. The molecule has 0 radical (unpaired) electrons. The van der Waals surface area contributed by atoms with Gasteiger partial charge in [0.25, 0.3) is 0 Å². The van der Waals surface area contributed by atoms with Gasteiger partial charge in [-0.15, -0.1) is 5.10 Å². The largest absolute Gasteiger partial charge is 0.339 e. The molecule has 2 aromatic rings. The van der Waals surface area contributed by atoms with Gasteiger partial charge in [-0.1, -0.05) is 28.9 Å². The third-order valence-electron chi connectivity index (χ3n) is 3.88. The van der Waals surface area contributed by atoms with Crippen LogP contribution < -0.4 is 0 Å². The van der Waals surface area contributed by atoms with E-state index in [0.29, 0.717) is 11.1 Å². The summed E-state index contributed by atoms with van der Waals surface area (Å²) < 4.78 is 1.88. The van der Waals surface area contributed by atoms with Crippen LogP contribution in [-0.4, -0.2) is 38.9 Å². The molecule has 1 fully saturated rings. The number of hydrogen-bond donors (Lipinski definition) is 0. The third kappa shape index (κ3) is 3.54. The fourth-order valence-corrected chi connectivity index (χ4v) is 2.74. The maximum atomic E-state index is 12.2. The van der Waals surface area contributed by atoms with E-state index in [1.165, 1.54) is 0 Å². The highest BCUT2D eigenvalue weighted by molar-refractivity contribution is 6.30. The molecule has 1 aromatic carbocycles. The molecular weight excluding hydrogens is 300 g/mol. The number of carbonyl (C=O) groups excluding carboxylic acids is 1. The summed E-state index contributed by atoms with van der Waals surface area (Å²) in [5.41, 5.74) is 0.968. The van der Waals surface area contributed by atoms with Crippen LogP contribution in [0.3, 0.4) is 0 Å². The lowest BCUT2D eigenvalue weighted by atomic mass is 10.1. The highest BCUT2D eigenvalue weighted by Crippen LogP contribution is 2.21. The summed E-state index contributed by atoms with van der Waals surface area (Å²) in [7, 11) is 0. The molecule has 0 saturated carbocycles. The van der Waals surface area contributed by atoms with E-state index in [-0.39, 0.29) is 5.91 Å². The molecule has 3 rings (SSSR count). The summed E-state index contributed by atoms with van der Waals surface area (Å²) in [6.45, 7) is 1.49. The number of nitrogens with zero attached hydrogens (tertiary/aromatic N) is 4. The molecule has 1 saturated heterocycles. The molecule has 5 nitrogen and oxygen atoms in total. The van der Waals surface area contributed by atoms with E-state index in [2.05, 4.69) is 10.3 Å². The number of hydrogen-bond acceptors (Lipinski definition) is 3. The third-order valence-corrected chi connectivity index (χ3v) is 4.13. The van der Waals surface area contributed by atoms with Crippen LogP contribution in [0.5, 0.6) is 0 Å². The molecule has 0 unspecified atom stereocenters. The normalized spacial score (nSPS) is 16.3. The Morgan fingerprint density at radius 2 is 1.95 bits per heavy atom. The van der Waals surface area contributed by atoms with Crippen LogP contribution in [0.15, 0.2) is 42.7 Å². The molecule has 2 heterocycles. The number of rotatable bonds is 3. The minimum Gasteiger partial charge on any atom is -0.339 e. The molecular formula is C16H17ClN4O. The van der Waals surface area contributed by atoms with Crippen molar-refractivity contribution in [3.05, 3.63) is 53.3 Å². The Kier molecular flexibility index (Phi) is 4.53. The Bertz CT molecular complexity index is 643. The fraction of sp³-hybridized carbons (Fsp3) is 0.312. The average Bonchev–Trinajstić information content (AvgIpc) is 3.09. The standard InChI is InChI=1S/C16H17ClN4O/c17-14-4-1-13(2-5-14)3-6-16(22)20-10-7-15(8-11-20)21-12-9-18-19-21/h1-6,9,12,15H,7-8,10-11H2/b6-3+. The van der Waals surface area contributed by atoms with Crippen LogP contribution >= 0.6 is 11.6 Å². The van der Waals surface area contributed by atoms with Crippen LogP contribution in [0, 0.1) is 0 Å².